The molecule has 1 N–H and O–H groups in total. The van der Waals surface area contributed by atoms with Gasteiger partial charge in [0.2, 0.25) is 10.0 Å². The summed E-state index contributed by atoms with van der Waals surface area (Å²) in [5.74, 6) is 1.24. The number of nitrogens with zero attached hydrogens (tertiary/aromatic N) is 1. The fourth-order valence-electron chi connectivity index (χ4n) is 3.75. The summed E-state index contributed by atoms with van der Waals surface area (Å²) in [7, 11) is -3.18. The molecule has 2 aromatic rings. The number of piperidine rings is 1. The van der Waals surface area contributed by atoms with Crippen LogP contribution in [0.25, 0.3) is 11.1 Å². The van der Waals surface area contributed by atoms with Gasteiger partial charge in [-0.3, -0.25) is 4.90 Å². The molecule has 0 radical (unpaired) electrons. The van der Waals surface area contributed by atoms with E-state index in [-0.39, 0.29) is 17.7 Å². The van der Waals surface area contributed by atoms with Crippen molar-refractivity contribution in [2.75, 3.05) is 32.0 Å². The average molecular weight is 417 g/mol. The molecule has 0 bridgehead atoms. The van der Waals surface area contributed by atoms with E-state index in [1.54, 1.807) is 0 Å². The predicted molar refractivity (Wildman–Crippen MR) is 119 cm³/mol. The molecule has 0 aromatic heterocycles. The first-order valence-electron chi connectivity index (χ1n) is 10.4. The molecule has 158 valence electrons. The summed E-state index contributed by atoms with van der Waals surface area (Å²) < 4.78 is 33.2. The van der Waals surface area contributed by atoms with Gasteiger partial charge in [0, 0.05) is 18.2 Å². The van der Waals surface area contributed by atoms with Crippen LogP contribution in [0.3, 0.4) is 0 Å². The lowest BCUT2D eigenvalue weighted by molar-refractivity contribution is 0.171. The third-order valence-electron chi connectivity index (χ3n) is 5.12. The van der Waals surface area contributed by atoms with Gasteiger partial charge in [0.15, 0.2) is 0 Å². The molecule has 0 amide bonds. The van der Waals surface area contributed by atoms with Gasteiger partial charge in [-0.05, 0) is 43.5 Å². The lowest BCUT2D eigenvalue weighted by Crippen LogP contribution is -2.46. The van der Waals surface area contributed by atoms with Gasteiger partial charge in [0.25, 0.3) is 0 Å². The van der Waals surface area contributed by atoms with E-state index in [2.05, 4.69) is 27.8 Å². The van der Waals surface area contributed by atoms with Crippen LogP contribution in [0.4, 0.5) is 0 Å². The van der Waals surface area contributed by atoms with Crippen LogP contribution in [0.5, 0.6) is 5.75 Å². The zero-order valence-corrected chi connectivity index (χ0v) is 18.2. The SMILES string of the molecule is CC(C)CS(=O)(=O)NC1CCN(CCOc2ccccc2-c2ccccc2)CC1. The van der Waals surface area contributed by atoms with Gasteiger partial charge in [-0.1, -0.05) is 62.4 Å². The average Bonchev–Trinajstić information content (AvgIpc) is 2.69. The zero-order valence-electron chi connectivity index (χ0n) is 17.4. The van der Waals surface area contributed by atoms with Gasteiger partial charge in [-0.2, -0.15) is 0 Å². The van der Waals surface area contributed by atoms with Crippen molar-refractivity contribution in [3.63, 3.8) is 0 Å². The molecule has 0 unspecified atom stereocenters. The largest absolute Gasteiger partial charge is 0.492 e. The van der Waals surface area contributed by atoms with E-state index in [4.69, 9.17) is 4.74 Å². The maximum absolute atomic E-state index is 12.1. The molecular formula is C23H32N2O3S. The van der Waals surface area contributed by atoms with Crippen LogP contribution in [0.1, 0.15) is 26.7 Å². The van der Waals surface area contributed by atoms with Crippen molar-refractivity contribution in [2.24, 2.45) is 5.92 Å². The Morgan fingerprint density at radius 1 is 1.03 bits per heavy atom. The second-order valence-electron chi connectivity index (χ2n) is 8.12. The van der Waals surface area contributed by atoms with Crippen molar-refractivity contribution >= 4 is 10.0 Å². The Hall–Kier alpha value is -1.89. The topological polar surface area (TPSA) is 58.6 Å². The van der Waals surface area contributed by atoms with Crippen LogP contribution in [0.2, 0.25) is 0 Å². The molecular weight excluding hydrogens is 384 g/mol. The molecule has 5 nitrogen and oxygen atoms in total. The minimum atomic E-state index is -3.18. The predicted octanol–water partition coefficient (Wildman–Crippen LogP) is 3.77. The summed E-state index contributed by atoms with van der Waals surface area (Å²) >= 11 is 0. The first kappa shape index (κ1) is 21.8. The quantitative estimate of drug-likeness (QED) is 0.676. The van der Waals surface area contributed by atoms with Crippen molar-refractivity contribution < 1.29 is 13.2 Å². The van der Waals surface area contributed by atoms with Crippen LogP contribution < -0.4 is 9.46 Å². The lowest BCUT2D eigenvalue weighted by Gasteiger charge is -2.32. The monoisotopic (exact) mass is 416 g/mol. The van der Waals surface area contributed by atoms with E-state index in [1.807, 2.05) is 50.2 Å². The highest BCUT2D eigenvalue weighted by Crippen LogP contribution is 2.29. The molecule has 0 atom stereocenters. The normalized spacial score (nSPS) is 16.2. The van der Waals surface area contributed by atoms with Crippen LogP contribution in [-0.2, 0) is 10.0 Å². The van der Waals surface area contributed by atoms with Crippen molar-refractivity contribution in [1.82, 2.24) is 9.62 Å². The Morgan fingerprint density at radius 2 is 1.69 bits per heavy atom. The molecule has 1 aliphatic heterocycles. The Labute approximate surface area is 175 Å². The second-order valence-corrected chi connectivity index (χ2v) is 9.92. The van der Waals surface area contributed by atoms with Crippen LogP contribution in [-0.4, -0.2) is 51.4 Å². The highest BCUT2D eigenvalue weighted by Gasteiger charge is 2.24. The number of para-hydroxylation sites is 1. The molecule has 0 spiro atoms. The van der Waals surface area contributed by atoms with Crippen LogP contribution in [0.15, 0.2) is 54.6 Å². The van der Waals surface area contributed by atoms with Gasteiger partial charge in [-0.25, -0.2) is 13.1 Å². The van der Waals surface area contributed by atoms with Crippen LogP contribution >= 0.6 is 0 Å². The molecule has 1 fully saturated rings. The van der Waals surface area contributed by atoms with Crippen molar-refractivity contribution in [2.45, 2.75) is 32.7 Å². The van der Waals surface area contributed by atoms with Gasteiger partial charge in [0.1, 0.15) is 12.4 Å². The number of likely N-dealkylation sites (tertiary alicyclic amines) is 1. The molecule has 0 aliphatic carbocycles. The summed E-state index contributed by atoms with van der Waals surface area (Å²) in [5.41, 5.74) is 2.25. The minimum Gasteiger partial charge on any atom is -0.492 e. The molecule has 2 aromatic carbocycles. The molecule has 1 saturated heterocycles. The number of nitrogens with one attached hydrogen (secondary N) is 1. The first-order chi connectivity index (χ1) is 13.9. The summed E-state index contributed by atoms with van der Waals surface area (Å²) in [6.45, 7) is 7.09. The van der Waals surface area contributed by atoms with E-state index >= 15 is 0 Å². The number of ether oxygens (including phenoxy) is 1. The summed E-state index contributed by atoms with van der Waals surface area (Å²) in [5, 5.41) is 0. The summed E-state index contributed by atoms with van der Waals surface area (Å²) in [4.78, 5) is 2.35. The number of hydrogen-bond acceptors (Lipinski definition) is 4. The smallest absolute Gasteiger partial charge is 0.212 e. The van der Waals surface area contributed by atoms with E-state index < -0.39 is 10.0 Å². The number of sulfonamides is 1. The highest BCUT2D eigenvalue weighted by molar-refractivity contribution is 7.89. The van der Waals surface area contributed by atoms with Gasteiger partial charge in [-0.15, -0.1) is 0 Å². The maximum atomic E-state index is 12.1. The maximum Gasteiger partial charge on any atom is 0.212 e. The summed E-state index contributed by atoms with van der Waals surface area (Å²) in [6.07, 6.45) is 1.69. The third kappa shape index (κ3) is 6.84. The number of hydrogen-bond donors (Lipinski definition) is 1. The molecule has 29 heavy (non-hydrogen) atoms. The fraction of sp³-hybridized carbons (Fsp3) is 0.478. The van der Waals surface area contributed by atoms with Crippen LogP contribution in [0, 0.1) is 5.92 Å². The summed E-state index contributed by atoms with van der Waals surface area (Å²) in [6, 6.07) is 18.4. The molecule has 1 heterocycles. The Balaban J connectivity index is 1.45. The van der Waals surface area contributed by atoms with Gasteiger partial charge < -0.3 is 4.74 Å². The van der Waals surface area contributed by atoms with Crippen molar-refractivity contribution in [1.29, 1.82) is 0 Å². The highest BCUT2D eigenvalue weighted by atomic mass is 32.2. The Morgan fingerprint density at radius 3 is 2.38 bits per heavy atom. The minimum absolute atomic E-state index is 0.0507. The number of benzene rings is 2. The van der Waals surface area contributed by atoms with E-state index in [9.17, 15) is 8.42 Å². The molecule has 6 heteroatoms. The first-order valence-corrected chi connectivity index (χ1v) is 12.1. The van der Waals surface area contributed by atoms with E-state index in [0.29, 0.717) is 6.61 Å². The third-order valence-corrected chi connectivity index (χ3v) is 6.92. The van der Waals surface area contributed by atoms with Crippen molar-refractivity contribution in [3.8, 4) is 16.9 Å². The molecule has 1 aliphatic rings. The van der Waals surface area contributed by atoms with E-state index in [0.717, 1.165) is 49.4 Å². The Bertz CT molecular complexity index is 861. The zero-order chi connectivity index (χ0) is 20.7. The fourth-order valence-corrected chi connectivity index (χ4v) is 5.47. The van der Waals surface area contributed by atoms with Crippen molar-refractivity contribution in [3.05, 3.63) is 54.6 Å². The standard InChI is InChI=1S/C23H32N2O3S/c1-19(2)18-29(26,27)24-21-12-14-25(15-13-21)16-17-28-23-11-7-6-10-22(23)20-8-4-3-5-9-20/h3-11,19,21,24H,12-18H2,1-2H3. The Kier molecular flexibility index (Phi) is 7.70. The number of rotatable bonds is 9. The molecule has 3 rings (SSSR count). The van der Waals surface area contributed by atoms with Gasteiger partial charge >= 0.3 is 0 Å². The van der Waals surface area contributed by atoms with E-state index in [1.165, 1.54) is 0 Å². The lowest BCUT2D eigenvalue weighted by atomic mass is 10.1. The van der Waals surface area contributed by atoms with Gasteiger partial charge in [0.05, 0.1) is 5.75 Å². The molecule has 0 saturated carbocycles. The second kappa shape index (κ2) is 10.2.